The molecule has 0 bridgehead atoms. The molecule has 0 atom stereocenters. The average molecular weight is 366 g/mol. The van der Waals surface area contributed by atoms with E-state index in [2.05, 4.69) is 20.9 Å². The number of carboxylic acid groups (broad SMARTS) is 1. The zero-order valence-electron chi connectivity index (χ0n) is 11.0. The van der Waals surface area contributed by atoms with Crippen molar-refractivity contribution in [3.63, 3.8) is 0 Å². The van der Waals surface area contributed by atoms with E-state index in [1.54, 1.807) is 18.2 Å². The van der Waals surface area contributed by atoms with Gasteiger partial charge in [0.2, 0.25) is 0 Å². The topological polar surface area (TPSA) is 55.1 Å². The van der Waals surface area contributed by atoms with E-state index in [9.17, 15) is 9.90 Å². The molecule has 1 aromatic heterocycles. The number of rotatable bonds is 2. The molecule has 1 N–H and O–H groups in total. The number of hydrogen-bond acceptors (Lipinski definition) is 2. The highest BCUT2D eigenvalue weighted by Crippen LogP contribution is 2.29. The number of aromatic carboxylic acids is 1. The van der Waals surface area contributed by atoms with Gasteiger partial charge < -0.3 is 5.11 Å². The van der Waals surface area contributed by atoms with E-state index >= 15 is 0 Å². The van der Waals surface area contributed by atoms with Crippen LogP contribution in [0.1, 0.15) is 16.2 Å². The number of aromatic nitrogens is 2. The van der Waals surface area contributed by atoms with Crippen LogP contribution in [-0.2, 0) is 0 Å². The fraction of sp³-hybridized carbons (Fsp3) is 0.0667. The maximum Gasteiger partial charge on any atom is 0.337 e. The van der Waals surface area contributed by atoms with Gasteiger partial charge in [0.05, 0.1) is 16.1 Å². The van der Waals surface area contributed by atoms with Crippen molar-refractivity contribution in [1.82, 2.24) is 9.55 Å². The fourth-order valence-corrected chi connectivity index (χ4v) is 2.82. The van der Waals surface area contributed by atoms with Crippen LogP contribution in [-0.4, -0.2) is 20.6 Å². The van der Waals surface area contributed by atoms with Gasteiger partial charge in [-0.3, -0.25) is 4.57 Å². The summed E-state index contributed by atoms with van der Waals surface area (Å²) >= 11 is 9.42. The van der Waals surface area contributed by atoms with E-state index < -0.39 is 5.97 Å². The van der Waals surface area contributed by atoms with Crippen molar-refractivity contribution in [3.8, 4) is 5.69 Å². The monoisotopic (exact) mass is 364 g/mol. The molecule has 0 spiro atoms. The minimum Gasteiger partial charge on any atom is -0.478 e. The summed E-state index contributed by atoms with van der Waals surface area (Å²) in [4.78, 5) is 15.7. The summed E-state index contributed by atoms with van der Waals surface area (Å²) < 4.78 is 2.68. The number of fused-ring (bicyclic) bond motifs is 1. The number of imidazole rings is 1. The van der Waals surface area contributed by atoms with Gasteiger partial charge in [0.25, 0.3) is 0 Å². The molecule has 3 rings (SSSR count). The molecule has 0 aliphatic carbocycles. The summed E-state index contributed by atoms with van der Waals surface area (Å²) in [6.07, 6.45) is 0. The first-order valence-corrected chi connectivity index (χ1v) is 7.33. The third kappa shape index (κ3) is 2.32. The molecular formula is C15H10BrClN2O2. The molecule has 0 saturated heterocycles. The normalized spacial score (nSPS) is 11.0. The van der Waals surface area contributed by atoms with Crippen LogP contribution in [0, 0.1) is 6.92 Å². The molecule has 0 aliphatic rings. The second-order valence-corrected chi connectivity index (χ2v) is 5.83. The zero-order chi connectivity index (χ0) is 15.1. The van der Waals surface area contributed by atoms with Crippen LogP contribution in [0.3, 0.4) is 0 Å². The molecule has 2 aromatic carbocycles. The maximum absolute atomic E-state index is 11.3. The van der Waals surface area contributed by atoms with E-state index in [1.807, 2.05) is 29.7 Å². The first-order chi connectivity index (χ1) is 9.99. The molecule has 0 fully saturated rings. The maximum atomic E-state index is 11.3. The summed E-state index contributed by atoms with van der Waals surface area (Å²) in [5.41, 5.74) is 2.30. The van der Waals surface area contributed by atoms with Gasteiger partial charge in [0, 0.05) is 10.2 Å². The van der Waals surface area contributed by atoms with Crippen molar-refractivity contribution < 1.29 is 9.90 Å². The van der Waals surface area contributed by atoms with E-state index in [0.717, 1.165) is 15.7 Å². The number of aryl methyl sites for hydroxylation is 1. The highest BCUT2D eigenvalue weighted by atomic mass is 79.9. The van der Waals surface area contributed by atoms with Crippen molar-refractivity contribution in [2.24, 2.45) is 0 Å². The van der Waals surface area contributed by atoms with Crippen LogP contribution in [0.15, 0.2) is 40.9 Å². The van der Waals surface area contributed by atoms with Crippen molar-refractivity contribution >= 4 is 44.5 Å². The third-order valence-corrected chi connectivity index (χ3v) is 4.46. The SMILES string of the molecule is Cc1nc2c(C(=O)O)cccc2n1-c1ccc(Cl)c(Br)c1. The van der Waals surface area contributed by atoms with Crippen LogP contribution in [0.4, 0.5) is 0 Å². The molecule has 1 heterocycles. The molecule has 0 radical (unpaired) electrons. The summed E-state index contributed by atoms with van der Waals surface area (Å²) in [7, 11) is 0. The molecule has 0 amide bonds. The number of hydrogen-bond donors (Lipinski definition) is 1. The van der Waals surface area contributed by atoms with Crippen molar-refractivity contribution in [2.45, 2.75) is 6.92 Å². The molecular weight excluding hydrogens is 356 g/mol. The number of carbonyl (C=O) groups is 1. The van der Waals surface area contributed by atoms with Gasteiger partial charge in [-0.2, -0.15) is 0 Å². The summed E-state index contributed by atoms with van der Waals surface area (Å²) in [6, 6.07) is 10.7. The second kappa shape index (κ2) is 5.16. The van der Waals surface area contributed by atoms with Gasteiger partial charge in [-0.1, -0.05) is 17.7 Å². The van der Waals surface area contributed by atoms with Crippen molar-refractivity contribution in [1.29, 1.82) is 0 Å². The molecule has 0 aliphatic heterocycles. The second-order valence-electron chi connectivity index (χ2n) is 4.57. The van der Waals surface area contributed by atoms with Gasteiger partial charge in [0.1, 0.15) is 11.3 Å². The van der Waals surface area contributed by atoms with Gasteiger partial charge in [-0.15, -0.1) is 0 Å². The lowest BCUT2D eigenvalue weighted by atomic mass is 10.2. The number of halogens is 2. The predicted molar refractivity (Wildman–Crippen MR) is 85.5 cm³/mol. The molecule has 106 valence electrons. The van der Waals surface area contributed by atoms with Crippen molar-refractivity contribution in [3.05, 3.63) is 57.3 Å². The van der Waals surface area contributed by atoms with Gasteiger partial charge in [0.15, 0.2) is 0 Å². The van der Waals surface area contributed by atoms with Crippen LogP contribution < -0.4 is 0 Å². The molecule has 21 heavy (non-hydrogen) atoms. The number of carboxylic acids is 1. The first kappa shape index (κ1) is 14.1. The smallest absolute Gasteiger partial charge is 0.337 e. The van der Waals surface area contributed by atoms with Crippen LogP contribution in [0.2, 0.25) is 5.02 Å². The highest BCUT2D eigenvalue weighted by molar-refractivity contribution is 9.10. The Hall–Kier alpha value is -1.85. The van der Waals surface area contributed by atoms with E-state index in [0.29, 0.717) is 16.4 Å². The van der Waals surface area contributed by atoms with E-state index in [4.69, 9.17) is 11.6 Å². The minimum absolute atomic E-state index is 0.197. The number of nitrogens with zero attached hydrogens (tertiary/aromatic N) is 2. The summed E-state index contributed by atoms with van der Waals surface area (Å²) in [6.45, 7) is 1.84. The van der Waals surface area contributed by atoms with Gasteiger partial charge in [-0.25, -0.2) is 9.78 Å². The van der Waals surface area contributed by atoms with Crippen LogP contribution >= 0.6 is 27.5 Å². The average Bonchev–Trinajstić information content (AvgIpc) is 2.77. The Morgan fingerprint density at radius 1 is 1.33 bits per heavy atom. The van der Waals surface area contributed by atoms with Crippen molar-refractivity contribution in [2.75, 3.05) is 0 Å². The third-order valence-electron chi connectivity index (χ3n) is 3.24. The van der Waals surface area contributed by atoms with E-state index in [1.165, 1.54) is 0 Å². The molecule has 0 unspecified atom stereocenters. The zero-order valence-corrected chi connectivity index (χ0v) is 13.3. The molecule has 6 heteroatoms. The summed E-state index contributed by atoms with van der Waals surface area (Å²) in [5, 5.41) is 9.88. The lowest BCUT2D eigenvalue weighted by Crippen LogP contribution is -1.98. The quantitative estimate of drug-likeness (QED) is 0.730. The fourth-order valence-electron chi connectivity index (χ4n) is 2.34. The van der Waals surface area contributed by atoms with E-state index in [-0.39, 0.29) is 5.56 Å². The Balaban J connectivity index is 2.32. The molecule has 3 aromatic rings. The van der Waals surface area contributed by atoms with Crippen LogP contribution in [0.25, 0.3) is 16.7 Å². The number of benzene rings is 2. The lowest BCUT2D eigenvalue weighted by Gasteiger charge is -2.08. The highest BCUT2D eigenvalue weighted by Gasteiger charge is 2.16. The number of para-hydroxylation sites is 1. The predicted octanol–water partition coefficient (Wildman–Crippen LogP) is 4.45. The Morgan fingerprint density at radius 3 is 2.76 bits per heavy atom. The minimum atomic E-state index is -0.984. The largest absolute Gasteiger partial charge is 0.478 e. The van der Waals surface area contributed by atoms with Gasteiger partial charge in [-0.05, 0) is 53.2 Å². The Bertz CT molecular complexity index is 873. The first-order valence-electron chi connectivity index (χ1n) is 6.16. The molecule has 0 saturated carbocycles. The lowest BCUT2D eigenvalue weighted by molar-refractivity contribution is 0.0699. The summed E-state index contributed by atoms with van der Waals surface area (Å²) in [5.74, 6) is -0.268. The molecule has 4 nitrogen and oxygen atoms in total. The van der Waals surface area contributed by atoms with Gasteiger partial charge >= 0.3 is 5.97 Å². The Kier molecular flexibility index (Phi) is 3.47. The standard InChI is InChI=1S/C15H10BrClN2O2/c1-8-18-14-10(15(20)21)3-2-4-13(14)19(8)9-5-6-12(17)11(16)7-9/h2-7H,1H3,(H,20,21). The Labute approximate surface area is 134 Å². The Morgan fingerprint density at radius 2 is 2.10 bits per heavy atom. The van der Waals surface area contributed by atoms with Crippen LogP contribution in [0.5, 0.6) is 0 Å².